The molecule has 0 saturated carbocycles. The van der Waals surface area contributed by atoms with Crippen LogP contribution in [0.15, 0.2) is 0 Å². The van der Waals surface area contributed by atoms with Crippen LogP contribution in [0.5, 0.6) is 0 Å². The zero-order valence-corrected chi connectivity index (χ0v) is 2.30. The van der Waals surface area contributed by atoms with E-state index >= 15 is 0 Å². The third-order valence-electron chi connectivity index (χ3n) is 0. The molecule has 7 heavy (non-hydrogen) atoms. The van der Waals surface area contributed by atoms with Crippen molar-refractivity contribution in [1.29, 1.82) is 0 Å². The molecule has 0 fully saturated rings. The van der Waals surface area contributed by atoms with Crippen LogP contribution in [0.3, 0.4) is 0 Å². The standard InChI is InChI=1S/CH2O3.Cs.Li.H2O.2H/c2-1(3)4;;;;;/h(H2,2,3,4);;;1H2;;. The van der Waals surface area contributed by atoms with Crippen LogP contribution >= 0.6 is 0 Å². The number of carboxylic acid groups (broad SMARTS) is 2. The summed E-state index contributed by atoms with van der Waals surface area (Å²) in [6.45, 7) is 0. The molecule has 0 atom stereocenters. The fourth-order valence-corrected chi connectivity index (χ4v) is 0. The molecular weight excluding hydrogens is 216 g/mol. The van der Waals surface area contributed by atoms with Gasteiger partial charge in [0.2, 0.25) is 0 Å². The van der Waals surface area contributed by atoms with Gasteiger partial charge in [0, 0.05) is 0 Å². The summed E-state index contributed by atoms with van der Waals surface area (Å²) in [5, 5.41) is 13.9. The SMILES string of the molecule is O.O=C(O)O.[CsH].[LiH]. The van der Waals surface area contributed by atoms with E-state index in [0.717, 1.165) is 0 Å². The quantitative estimate of drug-likeness (QED) is 0.469. The van der Waals surface area contributed by atoms with Crippen molar-refractivity contribution in [2.24, 2.45) is 0 Å². The van der Waals surface area contributed by atoms with E-state index in [1.165, 1.54) is 0 Å². The van der Waals surface area contributed by atoms with E-state index in [1.807, 2.05) is 0 Å². The molecule has 0 aromatic heterocycles. The van der Waals surface area contributed by atoms with E-state index in [1.54, 1.807) is 0 Å². The first-order valence-corrected chi connectivity index (χ1v) is 0.651. The number of rotatable bonds is 0. The maximum absolute atomic E-state index is 8.56. The number of hydrogen-bond donors (Lipinski definition) is 2. The van der Waals surface area contributed by atoms with Gasteiger partial charge in [-0.15, -0.1) is 0 Å². The summed E-state index contributed by atoms with van der Waals surface area (Å²) in [5.74, 6) is 0. The van der Waals surface area contributed by atoms with Crippen LogP contribution < -0.4 is 0 Å². The molecule has 6 heteroatoms. The molecule has 0 bridgehead atoms. The van der Waals surface area contributed by atoms with Crippen LogP contribution in [0.1, 0.15) is 0 Å². The van der Waals surface area contributed by atoms with E-state index in [2.05, 4.69) is 0 Å². The molecule has 0 unspecified atom stereocenters. The van der Waals surface area contributed by atoms with Gasteiger partial charge in [0.25, 0.3) is 0 Å². The molecule has 0 radical (unpaired) electrons. The second-order valence-electron chi connectivity index (χ2n) is 0.283. The Morgan fingerprint density at radius 3 is 1.29 bits per heavy atom. The van der Waals surface area contributed by atoms with Crippen LogP contribution in [0.4, 0.5) is 4.79 Å². The van der Waals surface area contributed by atoms with E-state index in [9.17, 15) is 0 Å². The van der Waals surface area contributed by atoms with Gasteiger partial charge in [0.15, 0.2) is 0 Å². The second-order valence-corrected chi connectivity index (χ2v) is 0.283. The predicted octanol–water partition coefficient (Wildman–Crippen LogP) is -1.90. The Balaban J connectivity index is -0.0000000150. The molecule has 0 saturated heterocycles. The molecule has 0 aliphatic heterocycles. The Morgan fingerprint density at radius 2 is 1.29 bits per heavy atom. The van der Waals surface area contributed by atoms with Crippen LogP contribution in [-0.2, 0) is 0 Å². The van der Waals surface area contributed by atoms with Crippen molar-refractivity contribution in [3.8, 4) is 0 Å². The fraction of sp³-hybridized carbons (Fsp3) is 0. The Bertz CT molecular complexity index is 34.7. The molecule has 0 aromatic carbocycles. The van der Waals surface area contributed by atoms with Crippen molar-refractivity contribution in [3.05, 3.63) is 0 Å². The molecule has 0 aliphatic carbocycles. The Kier molecular flexibility index (Phi) is 51.8. The first-order chi connectivity index (χ1) is 1.73. The second kappa shape index (κ2) is 15.7. The summed E-state index contributed by atoms with van der Waals surface area (Å²) in [6, 6.07) is 0. The summed E-state index contributed by atoms with van der Waals surface area (Å²) < 4.78 is 0. The van der Waals surface area contributed by atoms with Crippen molar-refractivity contribution in [1.82, 2.24) is 0 Å². The molecular formula is CH6CsLiO4. The third kappa shape index (κ3) is 77.1. The van der Waals surface area contributed by atoms with E-state index < -0.39 is 6.16 Å². The molecule has 4 nitrogen and oxygen atoms in total. The predicted molar refractivity (Wildman–Crippen MR) is 28.6 cm³/mol. The molecule has 0 aromatic rings. The van der Waals surface area contributed by atoms with Gasteiger partial charge in [0.05, 0.1) is 0 Å². The topological polar surface area (TPSA) is 89.0 Å². The van der Waals surface area contributed by atoms with Crippen LogP contribution in [0.25, 0.3) is 0 Å². The summed E-state index contributed by atoms with van der Waals surface area (Å²) in [6.07, 6.45) is -1.83. The molecule has 0 heterocycles. The van der Waals surface area contributed by atoms with Gasteiger partial charge in [-0.25, -0.2) is 4.79 Å². The Morgan fingerprint density at radius 1 is 1.29 bits per heavy atom. The van der Waals surface area contributed by atoms with Crippen molar-refractivity contribution < 1.29 is 20.5 Å². The van der Waals surface area contributed by atoms with Gasteiger partial charge in [-0.1, -0.05) is 0 Å². The molecule has 0 spiro atoms. The van der Waals surface area contributed by atoms with Crippen LogP contribution in [0, 0.1) is 0 Å². The normalized spacial score (nSPS) is 3.43. The van der Waals surface area contributed by atoms with E-state index in [4.69, 9.17) is 15.0 Å². The van der Waals surface area contributed by atoms with Gasteiger partial charge >= 0.3 is 93.9 Å². The van der Waals surface area contributed by atoms with Gasteiger partial charge in [-0.05, 0) is 0 Å². The van der Waals surface area contributed by atoms with Gasteiger partial charge in [0.1, 0.15) is 0 Å². The number of hydrogen-bond acceptors (Lipinski definition) is 1. The van der Waals surface area contributed by atoms with Crippen LogP contribution in [-0.4, -0.2) is 110 Å². The molecule has 0 rings (SSSR count). The maximum atomic E-state index is 8.56. The van der Waals surface area contributed by atoms with Gasteiger partial charge in [-0.2, -0.15) is 0 Å². The van der Waals surface area contributed by atoms with Crippen molar-refractivity contribution in [2.45, 2.75) is 0 Å². The van der Waals surface area contributed by atoms with Crippen LogP contribution in [0.2, 0.25) is 0 Å². The first-order valence-electron chi connectivity index (χ1n) is 0.651. The molecule has 0 amide bonds. The first kappa shape index (κ1) is 23.2. The summed E-state index contributed by atoms with van der Waals surface area (Å²) in [7, 11) is 0. The fourth-order valence-electron chi connectivity index (χ4n) is 0. The van der Waals surface area contributed by atoms with Crippen molar-refractivity contribution in [3.63, 3.8) is 0 Å². The Hall–Kier alpha value is 1.88. The van der Waals surface area contributed by atoms with E-state index in [0.29, 0.717) is 0 Å². The summed E-state index contributed by atoms with van der Waals surface area (Å²) in [5.41, 5.74) is 0. The molecule has 0 aliphatic rings. The average molecular weight is 222 g/mol. The Labute approximate surface area is 112 Å². The van der Waals surface area contributed by atoms with Crippen molar-refractivity contribution in [2.75, 3.05) is 0 Å². The summed E-state index contributed by atoms with van der Waals surface area (Å²) >= 11 is 0. The molecule has 36 valence electrons. The minimum absolute atomic E-state index is 0. The van der Waals surface area contributed by atoms with Gasteiger partial charge in [-0.3, -0.25) is 0 Å². The van der Waals surface area contributed by atoms with Crippen molar-refractivity contribution >= 4 is 93.9 Å². The van der Waals surface area contributed by atoms with E-state index in [-0.39, 0.29) is 93.2 Å². The zero-order valence-electron chi connectivity index (χ0n) is 2.30. The summed E-state index contributed by atoms with van der Waals surface area (Å²) in [4.78, 5) is 8.56. The zero-order chi connectivity index (χ0) is 3.58. The monoisotopic (exact) mass is 222 g/mol. The number of carbonyl (C=O) groups is 1. The molecule has 4 N–H and O–H groups in total. The third-order valence-corrected chi connectivity index (χ3v) is 0. The average Bonchev–Trinajstić information content (AvgIpc) is 0.811. The van der Waals surface area contributed by atoms with Gasteiger partial charge < -0.3 is 15.7 Å². The minimum atomic E-state index is -1.83.